The van der Waals surface area contributed by atoms with Gasteiger partial charge in [-0.1, -0.05) is 6.92 Å². The average Bonchev–Trinajstić information content (AvgIpc) is 2.44. The van der Waals surface area contributed by atoms with Crippen LogP contribution in [0.5, 0.6) is 0 Å². The molecule has 0 fully saturated rings. The Labute approximate surface area is 123 Å². The van der Waals surface area contributed by atoms with Crippen molar-refractivity contribution in [1.29, 1.82) is 0 Å². The van der Waals surface area contributed by atoms with E-state index in [4.69, 9.17) is 0 Å². The Bertz CT molecular complexity index is 469. The third kappa shape index (κ3) is 5.28. The van der Waals surface area contributed by atoms with E-state index >= 15 is 0 Å². The summed E-state index contributed by atoms with van der Waals surface area (Å²) >= 11 is 0. The normalized spacial score (nSPS) is 13.6. The number of hydrogen-bond acceptors (Lipinski definition) is 4. The van der Waals surface area contributed by atoms with E-state index < -0.39 is 10.8 Å². The number of aromatic nitrogens is 1. The Morgan fingerprint density at radius 1 is 1.45 bits per heavy atom. The summed E-state index contributed by atoms with van der Waals surface area (Å²) in [5, 5.41) is 5.88. The highest BCUT2D eigenvalue weighted by atomic mass is 32.2. The van der Waals surface area contributed by atoms with E-state index in [-0.39, 0.29) is 11.9 Å². The lowest BCUT2D eigenvalue weighted by Gasteiger charge is -2.14. The highest BCUT2D eigenvalue weighted by molar-refractivity contribution is 7.84. The van der Waals surface area contributed by atoms with E-state index in [1.54, 1.807) is 25.4 Å². The molecule has 0 aliphatic rings. The summed E-state index contributed by atoms with van der Waals surface area (Å²) in [5.41, 5.74) is 1.48. The lowest BCUT2D eigenvalue weighted by atomic mass is 10.1. The van der Waals surface area contributed by atoms with Gasteiger partial charge >= 0.3 is 0 Å². The Morgan fingerprint density at radius 3 is 2.70 bits per heavy atom. The maximum absolute atomic E-state index is 12.2. The third-order valence-corrected chi connectivity index (χ3v) is 3.79. The van der Waals surface area contributed by atoms with Crippen molar-refractivity contribution in [1.82, 2.24) is 10.3 Å². The van der Waals surface area contributed by atoms with Crippen LogP contribution in [0.25, 0.3) is 0 Å². The minimum absolute atomic E-state index is 0.00248. The summed E-state index contributed by atoms with van der Waals surface area (Å²) < 4.78 is 11.1. The number of nitrogens with one attached hydrogen (secondary N) is 2. The number of anilines is 1. The number of amides is 1. The van der Waals surface area contributed by atoms with Crippen LogP contribution in [-0.2, 0) is 17.2 Å². The highest BCUT2D eigenvalue weighted by Gasteiger charge is 2.12. The first-order chi connectivity index (χ1) is 9.46. The van der Waals surface area contributed by atoms with Gasteiger partial charge in [-0.05, 0) is 31.9 Å². The van der Waals surface area contributed by atoms with Gasteiger partial charge in [0.05, 0.1) is 0 Å². The number of nitrogens with zero attached hydrogens (tertiary/aromatic N) is 1. The molecule has 112 valence electrons. The molecule has 2 N–H and O–H groups in total. The molecular formula is C14H23N3O2S. The first-order valence-corrected chi connectivity index (χ1v) is 8.48. The molecule has 6 heteroatoms. The molecule has 2 atom stereocenters. The van der Waals surface area contributed by atoms with Gasteiger partial charge in [0.15, 0.2) is 0 Å². The summed E-state index contributed by atoms with van der Waals surface area (Å²) in [6, 6.07) is 3.54. The molecule has 1 aromatic heterocycles. The molecule has 1 rings (SSSR count). The van der Waals surface area contributed by atoms with Gasteiger partial charge in [-0.15, -0.1) is 0 Å². The zero-order valence-corrected chi connectivity index (χ0v) is 13.3. The number of rotatable bonds is 7. The molecule has 1 aromatic rings. The zero-order chi connectivity index (χ0) is 15.1. The molecule has 0 radical (unpaired) electrons. The number of hydrogen-bond donors (Lipinski definition) is 2. The van der Waals surface area contributed by atoms with Gasteiger partial charge < -0.3 is 10.6 Å². The van der Waals surface area contributed by atoms with Crippen molar-refractivity contribution in [3.05, 3.63) is 23.4 Å². The molecule has 0 aliphatic carbocycles. The van der Waals surface area contributed by atoms with E-state index in [2.05, 4.69) is 15.6 Å². The topological polar surface area (TPSA) is 71.1 Å². The predicted octanol–water partition coefficient (Wildman–Crippen LogP) is 1.57. The van der Waals surface area contributed by atoms with Gasteiger partial charge in [0, 0.05) is 47.2 Å². The van der Waals surface area contributed by atoms with Crippen molar-refractivity contribution < 1.29 is 9.00 Å². The minimum atomic E-state index is -0.827. The van der Waals surface area contributed by atoms with Gasteiger partial charge in [0.1, 0.15) is 5.82 Å². The lowest BCUT2D eigenvalue weighted by molar-refractivity contribution is 0.0939. The fraction of sp³-hybridized carbons (Fsp3) is 0.571. The summed E-state index contributed by atoms with van der Waals surface area (Å²) in [6.45, 7) is 3.92. The largest absolute Gasteiger partial charge is 0.373 e. The van der Waals surface area contributed by atoms with Gasteiger partial charge in [0.25, 0.3) is 5.91 Å². The highest BCUT2D eigenvalue weighted by Crippen LogP contribution is 2.11. The number of carbonyl (C=O) groups excluding carboxylic acids is 1. The van der Waals surface area contributed by atoms with Crippen LogP contribution in [-0.4, -0.2) is 40.2 Å². The molecule has 0 saturated carbocycles. The maximum Gasteiger partial charge on any atom is 0.251 e. The molecule has 2 unspecified atom stereocenters. The van der Waals surface area contributed by atoms with Crippen LogP contribution in [0.3, 0.4) is 0 Å². The second-order valence-electron chi connectivity index (χ2n) is 4.78. The van der Waals surface area contributed by atoms with Crippen molar-refractivity contribution in [3.8, 4) is 0 Å². The molecule has 0 aliphatic heterocycles. The molecule has 0 spiro atoms. The summed E-state index contributed by atoms with van der Waals surface area (Å²) in [7, 11) is 0.953. The van der Waals surface area contributed by atoms with E-state index in [0.29, 0.717) is 23.6 Å². The van der Waals surface area contributed by atoms with Crippen LogP contribution in [0.2, 0.25) is 0 Å². The van der Waals surface area contributed by atoms with Crippen LogP contribution in [0, 0.1) is 0 Å². The SMILES string of the molecule is CCc1cc(C(=O)NC(C)CCS(C)=O)cc(NC)n1. The van der Waals surface area contributed by atoms with Gasteiger partial charge in [0.2, 0.25) is 0 Å². The van der Waals surface area contributed by atoms with Crippen LogP contribution < -0.4 is 10.6 Å². The average molecular weight is 297 g/mol. The van der Waals surface area contributed by atoms with Crippen LogP contribution in [0.15, 0.2) is 12.1 Å². The van der Waals surface area contributed by atoms with Crippen molar-refractivity contribution in [2.24, 2.45) is 0 Å². The Morgan fingerprint density at radius 2 is 2.15 bits per heavy atom. The standard InChI is InChI=1S/C14H23N3O2S/c1-5-12-8-11(9-13(15-3)17-12)14(18)16-10(2)6-7-20(4)19/h8-10H,5-7H2,1-4H3,(H,15,17)(H,16,18). The van der Waals surface area contributed by atoms with Crippen molar-refractivity contribution in [2.45, 2.75) is 32.7 Å². The smallest absolute Gasteiger partial charge is 0.251 e. The van der Waals surface area contributed by atoms with Crippen LogP contribution in [0.1, 0.15) is 36.3 Å². The minimum Gasteiger partial charge on any atom is -0.373 e. The summed E-state index contributed by atoms with van der Waals surface area (Å²) in [6.07, 6.45) is 3.16. The van der Waals surface area contributed by atoms with Crippen molar-refractivity contribution >= 4 is 22.5 Å². The number of carbonyl (C=O) groups is 1. The van der Waals surface area contributed by atoms with E-state index in [1.807, 2.05) is 13.8 Å². The molecule has 0 saturated heterocycles. The Kier molecular flexibility index (Phi) is 6.64. The maximum atomic E-state index is 12.2. The molecule has 1 amide bonds. The fourth-order valence-corrected chi connectivity index (χ4v) is 2.44. The van der Waals surface area contributed by atoms with E-state index in [0.717, 1.165) is 12.1 Å². The molecule has 1 heterocycles. The quantitative estimate of drug-likeness (QED) is 0.801. The van der Waals surface area contributed by atoms with Gasteiger partial charge in [-0.3, -0.25) is 9.00 Å². The van der Waals surface area contributed by atoms with Crippen LogP contribution >= 0.6 is 0 Å². The van der Waals surface area contributed by atoms with E-state index in [9.17, 15) is 9.00 Å². The molecule has 5 nitrogen and oxygen atoms in total. The molecule has 0 bridgehead atoms. The van der Waals surface area contributed by atoms with Gasteiger partial charge in [-0.25, -0.2) is 4.98 Å². The first-order valence-electron chi connectivity index (χ1n) is 6.75. The second kappa shape index (κ2) is 7.99. The monoisotopic (exact) mass is 297 g/mol. The first kappa shape index (κ1) is 16.6. The van der Waals surface area contributed by atoms with Crippen LogP contribution in [0.4, 0.5) is 5.82 Å². The fourth-order valence-electron chi connectivity index (χ4n) is 1.75. The molecule has 20 heavy (non-hydrogen) atoms. The van der Waals surface area contributed by atoms with Crippen molar-refractivity contribution in [3.63, 3.8) is 0 Å². The number of pyridine rings is 1. The molecule has 0 aromatic carbocycles. The van der Waals surface area contributed by atoms with Gasteiger partial charge in [-0.2, -0.15) is 0 Å². The second-order valence-corrected chi connectivity index (χ2v) is 6.33. The summed E-state index contributed by atoms with van der Waals surface area (Å²) in [4.78, 5) is 16.6. The van der Waals surface area contributed by atoms with E-state index in [1.165, 1.54) is 0 Å². The summed E-state index contributed by atoms with van der Waals surface area (Å²) in [5.74, 6) is 1.17. The lowest BCUT2D eigenvalue weighted by Crippen LogP contribution is -2.33. The third-order valence-electron chi connectivity index (χ3n) is 2.97. The Balaban J connectivity index is 2.73. The molecular weight excluding hydrogens is 274 g/mol. The predicted molar refractivity (Wildman–Crippen MR) is 83.6 cm³/mol. The number of aryl methyl sites for hydroxylation is 1. The zero-order valence-electron chi connectivity index (χ0n) is 12.5. The van der Waals surface area contributed by atoms with Crippen molar-refractivity contribution in [2.75, 3.05) is 24.4 Å². The Hall–Kier alpha value is -1.43.